The second-order valence-corrected chi connectivity index (χ2v) is 2.92. The number of carbonyl (C=O) groups excluding carboxylic acids is 2. The Kier molecular flexibility index (Phi) is 2.17. The van der Waals surface area contributed by atoms with E-state index in [1.807, 2.05) is 0 Å². The smallest absolute Gasteiger partial charge is 0.344 e. The van der Waals surface area contributed by atoms with Crippen molar-refractivity contribution in [3.63, 3.8) is 0 Å². The number of ketones is 1. The maximum atomic E-state index is 11.2. The fourth-order valence-corrected chi connectivity index (χ4v) is 0.972. The minimum absolute atomic E-state index is 0.132. The van der Waals surface area contributed by atoms with Crippen LogP contribution in [-0.2, 0) is 14.3 Å². The van der Waals surface area contributed by atoms with E-state index in [0.717, 1.165) is 0 Å². The molecule has 0 spiro atoms. The van der Waals surface area contributed by atoms with Crippen molar-refractivity contribution >= 4 is 11.8 Å². The Labute approximate surface area is 70.8 Å². The van der Waals surface area contributed by atoms with Gasteiger partial charge in [0.05, 0.1) is 0 Å². The second-order valence-electron chi connectivity index (χ2n) is 2.92. The van der Waals surface area contributed by atoms with Crippen molar-refractivity contribution in [2.75, 3.05) is 14.1 Å². The number of Topliss-reactive ketones (excluding diaryl/α,β-unsaturated/α-hetero) is 1. The Morgan fingerprint density at radius 2 is 2.00 bits per heavy atom. The highest BCUT2D eigenvalue weighted by molar-refractivity contribution is 6.23. The summed E-state index contributed by atoms with van der Waals surface area (Å²) in [6.07, 6.45) is 0.859. The summed E-state index contributed by atoms with van der Waals surface area (Å²) in [5, 5.41) is 0. The van der Waals surface area contributed by atoms with Crippen LogP contribution in [0.4, 0.5) is 0 Å². The van der Waals surface area contributed by atoms with Crippen molar-refractivity contribution in [1.82, 2.24) is 4.90 Å². The average molecular weight is 169 g/mol. The van der Waals surface area contributed by atoms with Crippen molar-refractivity contribution in [1.29, 1.82) is 0 Å². The molecule has 1 fully saturated rings. The number of ether oxygens (including phenoxy) is 1. The number of nitrogens with zero attached hydrogens (tertiary/aromatic N) is 1. The highest BCUT2D eigenvalue weighted by Crippen LogP contribution is 2.15. The van der Waals surface area contributed by atoms with Crippen LogP contribution in [0.2, 0.25) is 0 Å². The van der Waals surface area contributed by atoms with Crippen molar-refractivity contribution in [2.45, 2.75) is 13.0 Å². The van der Waals surface area contributed by atoms with Crippen LogP contribution in [0.1, 0.15) is 6.92 Å². The van der Waals surface area contributed by atoms with Crippen LogP contribution < -0.4 is 0 Å². The number of rotatable bonds is 1. The molecule has 4 heteroatoms. The molecule has 0 unspecified atom stereocenters. The van der Waals surface area contributed by atoms with Crippen molar-refractivity contribution in [3.05, 3.63) is 11.8 Å². The van der Waals surface area contributed by atoms with E-state index in [-0.39, 0.29) is 11.4 Å². The van der Waals surface area contributed by atoms with Crippen LogP contribution in [0.3, 0.4) is 0 Å². The molecule has 1 rings (SSSR count). The second kappa shape index (κ2) is 2.97. The lowest BCUT2D eigenvalue weighted by atomic mass is 10.1. The van der Waals surface area contributed by atoms with Crippen LogP contribution in [0.15, 0.2) is 11.8 Å². The van der Waals surface area contributed by atoms with Crippen LogP contribution >= 0.6 is 0 Å². The van der Waals surface area contributed by atoms with Crippen LogP contribution in [0.5, 0.6) is 0 Å². The molecule has 0 aromatic heterocycles. The van der Waals surface area contributed by atoms with Crippen molar-refractivity contribution in [2.24, 2.45) is 0 Å². The number of cyclic esters (lactones) is 1. The molecule has 0 aliphatic carbocycles. The summed E-state index contributed by atoms with van der Waals surface area (Å²) >= 11 is 0. The zero-order valence-corrected chi connectivity index (χ0v) is 7.33. The third-order valence-corrected chi connectivity index (χ3v) is 1.53. The number of esters is 1. The summed E-state index contributed by atoms with van der Waals surface area (Å²) in [6, 6.07) is 0. The summed E-state index contributed by atoms with van der Waals surface area (Å²) in [6.45, 7) is 1.57. The molecule has 12 heavy (non-hydrogen) atoms. The van der Waals surface area contributed by atoms with Gasteiger partial charge in [-0.3, -0.25) is 4.79 Å². The first-order valence-corrected chi connectivity index (χ1v) is 3.66. The maximum absolute atomic E-state index is 11.2. The SMILES string of the molecule is C[C@H]1OC(=O)/C(=C\N(C)C)C1=O. The Morgan fingerprint density at radius 3 is 2.33 bits per heavy atom. The molecule has 0 radical (unpaired) electrons. The molecule has 0 N–H and O–H groups in total. The van der Waals surface area contributed by atoms with Gasteiger partial charge in [-0.05, 0) is 6.92 Å². The molecule has 1 aliphatic rings. The van der Waals surface area contributed by atoms with Gasteiger partial charge >= 0.3 is 5.97 Å². The molecule has 1 saturated heterocycles. The monoisotopic (exact) mass is 169 g/mol. The average Bonchev–Trinajstić information content (AvgIpc) is 2.16. The quantitative estimate of drug-likeness (QED) is 0.313. The van der Waals surface area contributed by atoms with Crippen LogP contribution in [-0.4, -0.2) is 36.9 Å². The standard InChI is InChI=1S/C8H11NO3/c1-5-7(10)6(4-9(2)3)8(11)12-5/h4-5H,1-3H3/b6-4-/t5-/m1/s1. The zero-order valence-electron chi connectivity index (χ0n) is 7.33. The molecule has 0 bridgehead atoms. The predicted molar refractivity (Wildman–Crippen MR) is 42.3 cm³/mol. The lowest BCUT2D eigenvalue weighted by Gasteiger charge is -2.03. The molecule has 0 saturated carbocycles. The van der Waals surface area contributed by atoms with Gasteiger partial charge < -0.3 is 9.64 Å². The van der Waals surface area contributed by atoms with E-state index in [1.165, 1.54) is 6.20 Å². The van der Waals surface area contributed by atoms with E-state index in [2.05, 4.69) is 0 Å². The first kappa shape index (κ1) is 8.77. The van der Waals surface area contributed by atoms with Gasteiger partial charge in [0, 0.05) is 20.3 Å². The molecular formula is C8H11NO3. The molecule has 66 valence electrons. The molecule has 4 nitrogen and oxygen atoms in total. The molecular weight excluding hydrogens is 158 g/mol. The Bertz CT molecular complexity index is 255. The highest BCUT2D eigenvalue weighted by atomic mass is 16.6. The third kappa shape index (κ3) is 1.47. The number of hydrogen-bond donors (Lipinski definition) is 0. The van der Waals surface area contributed by atoms with E-state index < -0.39 is 12.1 Å². The molecule has 1 heterocycles. The zero-order chi connectivity index (χ0) is 9.30. The number of hydrogen-bond acceptors (Lipinski definition) is 4. The first-order chi connectivity index (χ1) is 5.52. The van der Waals surface area contributed by atoms with Gasteiger partial charge in [-0.15, -0.1) is 0 Å². The summed E-state index contributed by atoms with van der Waals surface area (Å²) in [5.74, 6) is -0.769. The van der Waals surface area contributed by atoms with E-state index >= 15 is 0 Å². The Balaban J connectivity index is 2.91. The summed E-state index contributed by atoms with van der Waals surface area (Å²) in [4.78, 5) is 23.8. The van der Waals surface area contributed by atoms with E-state index in [1.54, 1.807) is 25.9 Å². The van der Waals surface area contributed by atoms with Gasteiger partial charge in [0.1, 0.15) is 5.57 Å². The molecule has 0 aromatic rings. The lowest BCUT2D eigenvalue weighted by molar-refractivity contribution is -0.139. The fraction of sp³-hybridized carbons (Fsp3) is 0.500. The van der Waals surface area contributed by atoms with Crippen molar-refractivity contribution in [3.8, 4) is 0 Å². The largest absolute Gasteiger partial charge is 0.451 e. The highest BCUT2D eigenvalue weighted by Gasteiger charge is 2.35. The maximum Gasteiger partial charge on any atom is 0.344 e. The van der Waals surface area contributed by atoms with E-state index in [0.29, 0.717) is 0 Å². The Morgan fingerprint density at radius 1 is 1.42 bits per heavy atom. The van der Waals surface area contributed by atoms with E-state index in [9.17, 15) is 9.59 Å². The fourth-order valence-electron chi connectivity index (χ4n) is 0.972. The molecule has 1 aliphatic heterocycles. The minimum Gasteiger partial charge on any atom is -0.451 e. The number of carbonyl (C=O) groups is 2. The lowest BCUT2D eigenvalue weighted by Crippen LogP contribution is -2.12. The summed E-state index contributed by atoms with van der Waals surface area (Å²) < 4.78 is 4.70. The van der Waals surface area contributed by atoms with Gasteiger partial charge in [0.2, 0.25) is 5.78 Å². The molecule has 0 amide bonds. The van der Waals surface area contributed by atoms with Crippen LogP contribution in [0, 0.1) is 0 Å². The summed E-state index contributed by atoms with van der Waals surface area (Å²) in [7, 11) is 3.49. The Hall–Kier alpha value is -1.32. The first-order valence-electron chi connectivity index (χ1n) is 3.66. The topological polar surface area (TPSA) is 46.6 Å². The van der Waals surface area contributed by atoms with Gasteiger partial charge in [0.25, 0.3) is 0 Å². The van der Waals surface area contributed by atoms with Crippen molar-refractivity contribution < 1.29 is 14.3 Å². The van der Waals surface area contributed by atoms with E-state index in [4.69, 9.17) is 4.74 Å². The summed E-state index contributed by atoms with van der Waals surface area (Å²) in [5.41, 5.74) is 0.132. The molecule has 0 aromatic carbocycles. The molecule has 1 atom stereocenters. The normalized spacial score (nSPS) is 26.2. The van der Waals surface area contributed by atoms with Crippen LogP contribution in [0.25, 0.3) is 0 Å². The minimum atomic E-state index is -0.622. The van der Waals surface area contributed by atoms with Gasteiger partial charge in [-0.25, -0.2) is 4.79 Å². The predicted octanol–water partition coefficient (Wildman–Crippen LogP) is -0.0537. The van der Waals surface area contributed by atoms with Gasteiger partial charge in [0.15, 0.2) is 6.10 Å². The third-order valence-electron chi connectivity index (χ3n) is 1.53. The van der Waals surface area contributed by atoms with Gasteiger partial charge in [-0.2, -0.15) is 0 Å². The van der Waals surface area contributed by atoms with Gasteiger partial charge in [-0.1, -0.05) is 0 Å².